The maximum Gasteiger partial charge on any atom is 0.291 e. The van der Waals surface area contributed by atoms with E-state index >= 15 is 0 Å². The smallest absolute Gasteiger partial charge is 0.291 e. The number of nitrogens with one attached hydrogen (secondary N) is 3. The number of nitriles is 1. The SMILES string of the molecule is Cn1cnc(-c2cc(S(=O)(=O)NC3(C#N)CC3)cc(Nc3nnc(C(F)F)s3)c2C=N)c1.[HH]. The Labute approximate surface area is 187 Å². The molecule has 0 bridgehead atoms. The van der Waals surface area contributed by atoms with Crippen LogP contribution in [-0.2, 0) is 17.1 Å². The van der Waals surface area contributed by atoms with Gasteiger partial charge in [-0.25, -0.2) is 22.2 Å². The molecular weight excluding hydrogens is 462 g/mol. The molecule has 1 aliphatic rings. The van der Waals surface area contributed by atoms with E-state index in [4.69, 9.17) is 5.41 Å². The van der Waals surface area contributed by atoms with E-state index in [0.29, 0.717) is 35.4 Å². The monoisotopic (exact) mass is 480 g/mol. The molecule has 0 unspecified atom stereocenters. The predicted molar refractivity (Wildman–Crippen MR) is 115 cm³/mol. The molecule has 3 aromatic rings. The summed E-state index contributed by atoms with van der Waals surface area (Å²) in [7, 11) is -2.38. The van der Waals surface area contributed by atoms with Gasteiger partial charge in [-0.3, -0.25) is 0 Å². The number of anilines is 2. The minimum atomic E-state index is -4.11. The summed E-state index contributed by atoms with van der Waals surface area (Å²) in [6.07, 6.45) is 2.17. The van der Waals surface area contributed by atoms with Crippen LogP contribution in [0.3, 0.4) is 0 Å². The molecule has 2 aromatic heterocycles. The van der Waals surface area contributed by atoms with Crippen LogP contribution in [0.15, 0.2) is 29.6 Å². The van der Waals surface area contributed by atoms with Gasteiger partial charge in [-0.05, 0) is 25.0 Å². The second-order valence-electron chi connectivity index (χ2n) is 7.17. The molecule has 4 rings (SSSR count). The summed E-state index contributed by atoms with van der Waals surface area (Å²) < 4.78 is 55.9. The molecular formula is C18H18F2N8O2S2. The Kier molecular flexibility index (Phi) is 5.49. The lowest BCUT2D eigenvalue weighted by Crippen LogP contribution is -2.35. The number of sulfonamides is 1. The lowest BCUT2D eigenvalue weighted by molar-refractivity contribution is 0.150. The van der Waals surface area contributed by atoms with Crippen LogP contribution >= 0.6 is 11.3 Å². The van der Waals surface area contributed by atoms with E-state index in [1.54, 1.807) is 17.8 Å². The lowest BCUT2D eigenvalue weighted by atomic mass is 10.0. The Balaban J connectivity index is 0.00000306. The predicted octanol–water partition coefficient (Wildman–Crippen LogP) is 3.20. The van der Waals surface area contributed by atoms with Gasteiger partial charge >= 0.3 is 0 Å². The highest BCUT2D eigenvalue weighted by molar-refractivity contribution is 7.89. The van der Waals surface area contributed by atoms with Crippen molar-refractivity contribution < 1.29 is 18.6 Å². The van der Waals surface area contributed by atoms with E-state index in [9.17, 15) is 22.5 Å². The van der Waals surface area contributed by atoms with Crippen molar-refractivity contribution in [2.24, 2.45) is 7.05 Å². The van der Waals surface area contributed by atoms with Gasteiger partial charge in [0.2, 0.25) is 15.2 Å². The first-order valence-corrected chi connectivity index (χ1v) is 11.5. The summed E-state index contributed by atoms with van der Waals surface area (Å²) >= 11 is 0.611. The zero-order chi connectivity index (χ0) is 23.1. The van der Waals surface area contributed by atoms with Crippen molar-refractivity contribution in [3.05, 3.63) is 35.2 Å². The number of aromatic nitrogens is 4. The van der Waals surface area contributed by atoms with Crippen LogP contribution in [0.25, 0.3) is 11.3 Å². The third-order valence-corrected chi connectivity index (χ3v) is 7.11. The van der Waals surface area contributed by atoms with E-state index in [-0.39, 0.29) is 22.7 Å². The number of aryl methyl sites for hydroxylation is 1. The highest BCUT2D eigenvalue weighted by Crippen LogP contribution is 2.38. The molecule has 1 fully saturated rings. The minimum absolute atomic E-state index is 0. The van der Waals surface area contributed by atoms with E-state index in [1.165, 1.54) is 18.5 Å². The number of benzene rings is 1. The van der Waals surface area contributed by atoms with Gasteiger partial charge in [0.15, 0.2) is 5.01 Å². The number of imidazole rings is 1. The highest BCUT2D eigenvalue weighted by Gasteiger charge is 2.47. The number of alkyl halides is 2. The van der Waals surface area contributed by atoms with Crippen LogP contribution in [0.2, 0.25) is 0 Å². The molecule has 1 saturated carbocycles. The Morgan fingerprint density at radius 1 is 1.41 bits per heavy atom. The van der Waals surface area contributed by atoms with Gasteiger partial charge in [-0.2, -0.15) is 9.98 Å². The van der Waals surface area contributed by atoms with Crippen molar-refractivity contribution in [2.45, 2.75) is 29.7 Å². The van der Waals surface area contributed by atoms with Gasteiger partial charge in [0.05, 0.1) is 28.7 Å². The Bertz CT molecular complexity index is 1350. The fourth-order valence-corrected chi connectivity index (χ4v) is 5.01. The molecule has 0 aliphatic heterocycles. The highest BCUT2D eigenvalue weighted by atomic mass is 32.2. The van der Waals surface area contributed by atoms with E-state index < -0.39 is 27.0 Å². The summed E-state index contributed by atoms with van der Waals surface area (Å²) in [5, 5.41) is 26.5. The van der Waals surface area contributed by atoms with Gasteiger partial charge in [-0.15, -0.1) is 10.2 Å². The molecule has 0 atom stereocenters. The third kappa shape index (κ3) is 4.22. The van der Waals surface area contributed by atoms with Gasteiger partial charge in [0, 0.05) is 32.0 Å². The summed E-state index contributed by atoms with van der Waals surface area (Å²) in [4.78, 5) is 4.06. The third-order valence-electron chi connectivity index (χ3n) is 4.75. The van der Waals surface area contributed by atoms with Gasteiger partial charge in [0.25, 0.3) is 6.43 Å². The molecule has 3 N–H and O–H groups in total. The van der Waals surface area contributed by atoms with E-state index in [2.05, 4.69) is 25.2 Å². The molecule has 168 valence electrons. The molecule has 0 amide bonds. The normalized spacial score (nSPS) is 14.8. The maximum absolute atomic E-state index is 13.0. The summed E-state index contributed by atoms with van der Waals surface area (Å²) in [5.74, 6) is 0. The largest absolute Gasteiger partial charge is 0.340 e. The zero-order valence-electron chi connectivity index (χ0n) is 16.5. The minimum Gasteiger partial charge on any atom is -0.340 e. The first-order chi connectivity index (χ1) is 15.2. The zero-order valence-corrected chi connectivity index (χ0v) is 18.1. The van der Waals surface area contributed by atoms with Crippen LogP contribution in [0.4, 0.5) is 19.6 Å². The number of hydrogen-bond acceptors (Lipinski definition) is 9. The first kappa shape index (κ1) is 21.9. The number of rotatable bonds is 8. The van der Waals surface area contributed by atoms with E-state index in [1.807, 2.05) is 6.07 Å². The Hall–Kier alpha value is -3.28. The molecule has 1 aromatic carbocycles. The fourth-order valence-electron chi connectivity index (χ4n) is 2.97. The quantitative estimate of drug-likeness (QED) is 0.419. The molecule has 0 saturated heterocycles. The molecule has 2 heterocycles. The maximum atomic E-state index is 13.0. The molecule has 32 heavy (non-hydrogen) atoms. The molecule has 14 heteroatoms. The van der Waals surface area contributed by atoms with Crippen molar-refractivity contribution >= 4 is 38.4 Å². The van der Waals surface area contributed by atoms with Gasteiger partial charge < -0.3 is 15.3 Å². The Morgan fingerprint density at radius 3 is 2.69 bits per heavy atom. The lowest BCUT2D eigenvalue weighted by Gasteiger charge is -2.16. The first-order valence-electron chi connectivity index (χ1n) is 9.17. The fraction of sp³-hybridized carbons (Fsp3) is 0.278. The molecule has 0 spiro atoms. The topological polar surface area (TPSA) is 149 Å². The summed E-state index contributed by atoms with van der Waals surface area (Å²) in [6.45, 7) is 0. The van der Waals surface area contributed by atoms with Crippen molar-refractivity contribution in [2.75, 3.05) is 5.32 Å². The van der Waals surface area contributed by atoms with Crippen LogP contribution in [0.1, 0.15) is 31.3 Å². The van der Waals surface area contributed by atoms with Gasteiger partial charge in [-0.1, -0.05) is 11.3 Å². The summed E-state index contributed by atoms with van der Waals surface area (Å²) in [6, 6.07) is 4.58. The average molecular weight is 481 g/mol. The van der Waals surface area contributed by atoms with Crippen LogP contribution in [0.5, 0.6) is 0 Å². The molecule has 0 radical (unpaired) electrons. The van der Waals surface area contributed by atoms with E-state index in [0.717, 1.165) is 6.21 Å². The standard InChI is InChI=1S/C18H16F2N8O2S2.H2/c1-28-7-14(23-9-28)11-4-10(32(29,30)27-18(8-22)2-3-18)5-13(12(11)6-21)24-17-26-25-16(31-17)15(19)20;/h4-7,9,15,21,27H,2-3H2,1H3,(H,24,26);1H. The van der Waals surface area contributed by atoms with Crippen LogP contribution in [-0.4, -0.2) is 39.9 Å². The van der Waals surface area contributed by atoms with Crippen molar-refractivity contribution in [1.82, 2.24) is 24.5 Å². The number of nitrogens with zero attached hydrogens (tertiary/aromatic N) is 5. The molecule has 10 nitrogen and oxygen atoms in total. The van der Waals surface area contributed by atoms with Gasteiger partial charge in [0.1, 0.15) is 5.54 Å². The summed E-state index contributed by atoms with van der Waals surface area (Å²) in [5.41, 5.74) is 0.00743. The second kappa shape index (κ2) is 8.01. The van der Waals surface area contributed by atoms with Crippen molar-refractivity contribution in [3.8, 4) is 17.3 Å². The second-order valence-corrected chi connectivity index (χ2v) is 9.86. The number of halogens is 2. The van der Waals surface area contributed by atoms with Crippen LogP contribution < -0.4 is 10.0 Å². The number of hydrogen-bond donors (Lipinski definition) is 3. The average Bonchev–Trinajstić information content (AvgIpc) is 3.13. The van der Waals surface area contributed by atoms with Crippen LogP contribution in [0, 0.1) is 16.7 Å². The molecule has 1 aliphatic carbocycles. The van der Waals surface area contributed by atoms with Crippen molar-refractivity contribution in [3.63, 3.8) is 0 Å². The Morgan fingerprint density at radius 2 is 2.16 bits per heavy atom. The van der Waals surface area contributed by atoms with Crippen molar-refractivity contribution in [1.29, 1.82) is 10.7 Å².